The summed E-state index contributed by atoms with van der Waals surface area (Å²) in [7, 11) is -4.11. The molecule has 0 aliphatic rings. The molecule has 0 spiro atoms. The maximum absolute atomic E-state index is 12.8. The normalized spacial score (nSPS) is 13.2. The van der Waals surface area contributed by atoms with E-state index in [0.717, 1.165) is 5.56 Å². The van der Waals surface area contributed by atoms with Crippen molar-refractivity contribution in [2.45, 2.75) is 50.0 Å². The van der Waals surface area contributed by atoms with E-state index in [1.165, 1.54) is 12.1 Å². The average molecular weight is 376 g/mol. The monoisotopic (exact) mass is 375 g/mol. The zero-order chi connectivity index (χ0) is 18.5. The lowest BCUT2D eigenvalue weighted by Crippen LogP contribution is -2.42. The van der Waals surface area contributed by atoms with Crippen molar-refractivity contribution in [1.29, 1.82) is 0 Å². The number of benzene rings is 1. The van der Waals surface area contributed by atoms with Crippen LogP contribution in [-0.2, 0) is 19.6 Å². The van der Waals surface area contributed by atoms with Crippen molar-refractivity contribution in [2.24, 2.45) is 0 Å². The zero-order valence-corrected chi connectivity index (χ0v) is 15.7. The molecule has 0 aliphatic carbocycles. The molecule has 1 amide bonds. The molecule has 0 saturated carbocycles. The van der Waals surface area contributed by atoms with Gasteiger partial charge in [-0.05, 0) is 46.2 Å². The van der Waals surface area contributed by atoms with Crippen LogP contribution in [0.1, 0.15) is 32.8 Å². The number of ether oxygens (including phenoxy) is 1. The second-order valence-corrected chi connectivity index (χ2v) is 8.73. The van der Waals surface area contributed by atoms with Gasteiger partial charge in [-0.3, -0.25) is 0 Å². The van der Waals surface area contributed by atoms with Gasteiger partial charge in [0.05, 0.1) is 10.3 Å². The number of aryl methyl sites for hydroxylation is 1. The van der Waals surface area contributed by atoms with Gasteiger partial charge in [-0.25, -0.2) is 17.5 Å². The van der Waals surface area contributed by atoms with Gasteiger partial charge in [0.2, 0.25) is 0 Å². The fourth-order valence-electron chi connectivity index (χ4n) is 1.77. The third-order valence-corrected chi connectivity index (χ3v) is 5.06. The van der Waals surface area contributed by atoms with E-state index < -0.39 is 27.1 Å². The van der Waals surface area contributed by atoms with Crippen LogP contribution in [0.5, 0.6) is 0 Å². The molecule has 1 atom stereocenters. The van der Waals surface area contributed by atoms with Crippen molar-refractivity contribution in [1.82, 2.24) is 4.31 Å². The van der Waals surface area contributed by atoms with Crippen LogP contribution < -0.4 is 0 Å². The standard InChI is InChI=1S/C16H22ClNO5S/c1-12-5-7-14(8-6-12)24(21,22)18(10-9-13(17)11-19)15(20)23-16(2,3)4/h5-8,11,13H,9-10H2,1-4H3/t13-/m1/s1. The van der Waals surface area contributed by atoms with Crippen LogP contribution in [0.4, 0.5) is 4.79 Å². The van der Waals surface area contributed by atoms with E-state index in [1.807, 2.05) is 6.92 Å². The molecule has 1 aromatic rings. The summed E-state index contributed by atoms with van der Waals surface area (Å²) in [5, 5.41) is -0.886. The number of aldehydes is 1. The summed E-state index contributed by atoms with van der Waals surface area (Å²) >= 11 is 5.72. The lowest BCUT2D eigenvalue weighted by atomic mass is 10.2. The predicted octanol–water partition coefficient (Wildman–Crippen LogP) is 3.12. The van der Waals surface area contributed by atoms with E-state index in [0.29, 0.717) is 10.6 Å². The molecular formula is C16H22ClNO5S. The van der Waals surface area contributed by atoms with Crippen LogP contribution >= 0.6 is 11.6 Å². The van der Waals surface area contributed by atoms with Gasteiger partial charge in [0, 0.05) is 6.54 Å². The number of alkyl halides is 1. The number of halogens is 1. The van der Waals surface area contributed by atoms with Crippen LogP contribution in [0.2, 0.25) is 0 Å². The average Bonchev–Trinajstić information content (AvgIpc) is 2.45. The first-order valence-corrected chi connectivity index (χ1v) is 9.27. The fourth-order valence-corrected chi connectivity index (χ4v) is 3.18. The Morgan fingerprint density at radius 2 is 1.83 bits per heavy atom. The van der Waals surface area contributed by atoms with Gasteiger partial charge in [0.25, 0.3) is 10.0 Å². The van der Waals surface area contributed by atoms with Crippen LogP contribution in [0.3, 0.4) is 0 Å². The molecule has 24 heavy (non-hydrogen) atoms. The Kier molecular flexibility index (Phi) is 6.80. The highest BCUT2D eigenvalue weighted by molar-refractivity contribution is 7.89. The maximum atomic E-state index is 12.8. The number of carbonyl (C=O) groups excluding carboxylic acids is 2. The Morgan fingerprint density at radius 3 is 2.29 bits per heavy atom. The van der Waals surface area contributed by atoms with E-state index in [1.54, 1.807) is 32.9 Å². The molecule has 0 aliphatic heterocycles. The fraction of sp³-hybridized carbons (Fsp3) is 0.500. The van der Waals surface area contributed by atoms with Crippen molar-refractivity contribution in [3.8, 4) is 0 Å². The Morgan fingerprint density at radius 1 is 1.29 bits per heavy atom. The van der Waals surface area contributed by atoms with Crippen molar-refractivity contribution >= 4 is 34.0 Å². The molecule has 0 heterocycles. The molecule has 0 fully saturated rings. The highest BCUT2D eigenvalue weighted by atomic mass is 35.5. The van der Waals surface area contributed by atoms with Crippen LogP contribution in [0.25, 0.3) is 0 Å². The molecule has 1 rings (SSSR count). The number of sulfonamides is 1. The Labute approximate surface area is 147 Å². The molecule has 0 unspecified atom stereocenters. The zero-order valence-electron chi connectivity index (χ0n) is 14.2. The number of amides is 1. The first-order valence-electron chi connectivity index (χ1n) is 7.39. The third kappa shape index (κ3) is 5.79. The summed E-state index contributed by atoms with van der Waals surface area (Å²) in [6, 6.07) is 6.10. The van der Waals surface area contributed by atoms with Crippen LogP contribution in [0.15, 0.2) is 29.2 Å². The SMILES string of the molecule is Cc1ccc(S(=O)(=O)N(CC[C@@H](Cl)C=O)C(=O)OC(C)(C)C)cc1. The molecule has 0 saturated heterocycles. The number of hydrogen-bond acceptors (Lipinski definition) is 5. The second-order valence-electron chi connectivity index (χ2n) is 6.31. The van der Waals surface area contributed by atoms with Gasteiger partial charge in [0.1, 0.15) is 11.9 Å². The minimum Gasteiger partial charge on any atom is -0.443 e. The highest BCUT2D eigenvalue weighted by Crippen LogP contribution is 2.21. The summed E-state index contributed by atoms with van der Waals surface area (Å²) in [6.07, 6.45) is -0.513. The molecule has 0 aromatic heterocycles. The molecule has 0 N–H and O–H groups in total. The van der Waals surface area contributed by atoms with Crippen molar-refractivity contribution in [3.05, 3.63) is 29.8 Å². The van der Waals surface area contributed by atoms with Crippen molar-refractivity contribution < 1.29 is 22.7 Å². The quantitative estimate of drug-likeness (QED) is 0.563. The summed E-state index contributed by atoms with van der Waals surface area (Å²) in [4.78, 5) is 23.0. The topological polar surface area (TPSA) is 80.8 Å². The first-order chi connectivity index (χ1) is 11.0. The Bertz CT molecular complexity index is 679. The van der Waals surface area contributed by atoms with E-state index in [-0.39, 0.29) is 17.9 Å². The van der Waals surface area contributed by atoms with Gasteiger partial charge >= 0.3 is 6.09 Å². The molecule has 0 radical (unpaired) electrons. The van der Waals surface area contributed by atoms with E-state index >= 15 is 0 Å². The van der Waals surface area contributed by atoms with Crippen molar-refractivity contribution in [3.63, 3.8) is 0 Å². The Balaban J connectivity index is 3.16. The summed E-state index contributed by atoms with van der Waals surface area (Å²) < 4.78 is 31.3. The summed E-state index contributed by atoms with van der Waals surface area (Å²) in [5.41, 5.74) is 0.0305. The van der Waals surface area contributed by atoms with Gasteiger partial charge in [-0.1, -0.05) is 17.7 Å². The van der Waals surface area contributed by atoms with Crippen molar-refractivity contribution in [2.75, 3.05) is 6.54 Å². The van der Waals surface area contributed by atoms with E-state index in [4.69, 9.17) is 16.3 Å². The predicted molar refractivity (Wildman–Crippen MR) is 91.6 cm³/mol. The third-order valence-electron chi connectivity index (χ3n) is 2.96. The molecular weight excluding hydrogens is 354 g/mol. The summed E-state index contributed by atoms with van der Waals surface area (Å²) in [5.74, 6) is 0. The molecule has 6 nitrogen and oxygen atoms in total. The van der Waals surface area contributed by atoms with Crippen LogP contribution in [0, 0.1) is 6.92 Å². The lowest BCUT2D eigenvalue weighted by Gasteiger charge is -2.27. The largest absolute Gasteiger partial charge is 0.443 e. The minimum atomic E-state index is -4.11. The summed E-state index contributed by atoms with van der Waals surface area (Å²) in [6.45, 7) is 6.48. The number of rotatable bonds is 6. The first kappa shape index (κ1) is 20.4. The van der Waals surface area contributed by atoms with E-state index in [2.05, 4.69) is 0 Å². The maximum Gasteiger partial charge on any atom is 0.424 e. The molecule has 1 aromatic carbocycles. The minimum absolute atomic E-state index is 0.00457. The molecule has 0 bridgehead atoms. The number of carbonyl (C=O) groups is 2. The number of hydrogen-bond donors (Lipinski definition) is 0. The lowest BCUT2D eigenvalue weighted by molar-refractivity contribution is -0.107. The van der Waals surface area contributed by atoms with Crippen LogP contribution in [-0.4, -0.2) is 42.6 Å². The van der Waals surface area contributed by atoms with Gasteiger partial charge in [-0.15, -0.1) is 11.6 Å². The number of nitrogens with zero attached hydrogens (tertiary/aromatic N) is 1. The van der Waals surface area contributed by atoms with Gasteiger partial charge in [0.15, 0.2) is 0 Å². The van der Waals surface area contributed by atoms with E-state index in [9.17, 15) is 18.0 Å². The second kappa shape index (κ2) is 7.98. The highest BCUT2D eigenvalue weighted by Gasteiger charge is 2.33. The molecule has 8 heteroatoms. The molecule has 134 valence electrons. The van der Waals surface area contributed by atoms with Gasteiger partial charge in [-0.2, -0.15) is 0 Å². The smallest absolute Gasteiger partial charge is 0.424 e. The van der Waals surface area contributed by atoms with Gasteiger partial charge < -0.3 is 9.53 Å². The Hall–Kier alpha value is -1.60.